The van der Waals surface area contributed by atoms with E-state index < -0.39 is 0 Å². The topological polar surface area (TPSA) is 42.3 Å². The van der Waals surface area contributed by atoms with Crippen LogP contribution in [0.25, 0.3) is 16.0 Å². The van der Waals surface area contributed by atoms with Crippen molar-refractivity contribution < 1.29 is 16.8 Å². The van der Waals surface area contributed by atoms with E-state index in [9.17, 15) is 0 Å². The molecule has 0 aliphatic carbocycles. The molecule has 0 fully saturated rings. The van der Waals surface area contributed by atoms with E-state index in [0.29, 0.717) is 32.5 Å². The van der Waals surface area contributed by atoms with Crippen molar-refractivity contribution in [2.24, 2.45) is 32.5 Å². The summed E-state index contributed by atoms with van der Waals surface area (Å²) in [7, 11) is 0. The second-order valence-electron chi connectivity index (χ2n) is 33.7. The predicted molar refractivity (Wildman–Crippen MR) is 378 cm³/mol. The molecule has 0 radical (unpaired) electrons. The molecule has 0 unspecified atom stereocenters. The quantitative estimate of drug-likeness (QED) is 0.0545. The molecule has 0 amide bonds. The molecule has 498 valence electrons. The molecule has 4 heteroatoms. The molecule has 0 rings (SSSR count). The molecule has 0 N–H and O–H groups in total. The van der Waals surface area contributed by atoms with Crippen LogP contribution >= 0.6 is 0 Å². The van der Waals surface area contributed by atoms with E-state index in [2.05, 4.69) is 125 Å². The van der Waals surface area contributed by atoms with Gasteiger partial charge in [-0.2, -0.15) is 0 Å². The number of unbranched alkanes of at least 4 members (excludes halogenated alkanes) is 36. The maximum absolute atomic E-state index is 4.72. The summed E-state index contributed by atoms with van der Waals surface area (Å²) in [5.74, 6) is 0. The molecule has 0 aromatic rings. The van der Waals surface area contributed by atoms with E-state index in [0.717, 1.165) is 39.3 Å². The Hall–Kier alpha value is 0.386. The minimum absolute atomic E-state index is 0. The van der Waals surface area contributed by atoms with Gasteiger partial charge in [0.25, 0.3) is 0 Å². The Labute approximate surface area is 534 Å². The first-order valence-corrected chi connectivity index (χ1v) is 37.0. The molecule has 0 atom stereocenters. The third-order valence-corrected chi connectivity index (χ3v) is 16.5. The summed E-state index contributed by atoms with van der Waals surface area (Å²) < 4.78 is 0. The molecule has 0 heterocycles. The van der Waals surface area contributed by atoms with Crippen LogP contribution in [0.2, 0.25) is 0 Å². The fraction of sp³-hybridized carbons (Fsp3) is 1.00. The summed E-state index contributed by atoms with van der Waals surface area (Å²) in [5.41, 5.74) is 3.13. The van der Waals surface area contributed by atoms with Gasteiger partial charge in [-0.1, -0.05) is 394 Å². The third-order valence-electron chi connectivity index (χ3n) is 16.5. The molecule has 0 spiro atoms. The summed E-state index contributed by atoms with van der Waals surface area (Å²) in [5, 5.41) is 14.2. The van der Waals surface area contributed by atoms with Crippen molar-refractivity contribution in [3.05, 3.63) is 16.0 Å². The Balaban J connectivity index is -0.000000553. The maximum Gasteiger partial charge on any atom is 3.00 e. The minimum Gasteiger partial charge on any atom is -0.662 e. The van der Waals surface area contributed by atoms with Crippen molar-refractivity contribution in [2.45, 2.75) is 433 Å². The van der Waals surface area contributed by atoms with Gasteiger partial charge in [-0.05, 0) is 71.0 Å². The van der Waals surface area contributed by atoms with E-state index in [1.165, 1.54) is 308 Å². The smallest absolute Gasteiger partial charge is 0.662 e. The van der Waals surface area contributed by atoms with Crippen LogP contribution in [-0.4, -0.2) is 39.3 Å². The van der Waals surface area contributed by atoms with Gasteiger partial charge in [-0.25, -0.2) is 0 Å². The van der Waals surface area contributed by atoms with Crippen LogP contribution in [0.1, 0.15) is 433 Å². The van der Waals surface area contributed by atoms with Crippen LogP contribution in [-0.2, 0) is 16.8 Å². The van der Waals surface area contributed by atoms with Gasteiger partial charge in [0.15, 0.2) is 0 Å². The van der Waals surface area contributed by atoms with E-state index >= 15 is 0 Å². The third kappa shape index (κ3) is 96.7. The molecule has 0 aromatic carbocycles. The van der Waals surface area contributed by atoms with Gasteiger partial charge in [-0.3, -0.25) is 0 Å². The average Bonchev–Trinajstić information content (AvgIpc) is 3.34. The molecular weight excluding hydrogens is 1040 g/mol. The summed E-state index contributed by atoms with van der Waals surface area (Å²) in [6.45, 7) is 49.0. The molecule has 0 saturated carbocycles. The van der Waals surface area contributed by atoms with Gasteiger partial charge in [0.05, 0.1) is 0 Å². The zero-order chi connectivity index (χ0) is 61.3. The first-order valence-electron chi connectivity index (χ1n) is 37.0. The molecule has 3 nitrogen and oxygen atoms in total. The van der Waals surface area contributed by atoms with Crippen molar-refractivity contribution in [1.29, 1.82) is 0 Å². The van der Waals surface area contributed by atoms with Crippen LogP contribution in [0.15, 0.2) is 0 Å². The fourth-order valence-electron chi connectivity index (χ4n) is 10.9. The van der Waals surface area contributed by atoms with Crippen LogP contribution in [0, 0.1) is 32.5 Å². The van der Waals surface area contributed by atoms with Crippen molar-refractivity contribution in [2.75, 3.05) is 39.3 Å². The number of hydrogen-bond acceptors (Lipinski definition) is 0. The molecule has 0 aromatic heterocycles. The molecule has 0 bridgehead atoms. The van der Waals surface area contributed by atoms with Crippen molar-refractivity contribution in [3.63, 3.8) is 0 Å². The van der Waals surface area contributed by atoms with E-state index in [4.69, 9.17) is 16.0 Å². The summed E-state index contributed by atoms with van der Waals surface area (Å²) >= 11 is 0. The van der Waals surface area contributed by atoms with Gasteiger partial charge < -0.3 is 16.0 Å². The molecule has 0 aliphatic rings. The fourth-order valence-corrected chi connectivity index (χ4v) is 10.9. The number of nitrogens with zero attached hydrogens (tertiary/aromatic N) is 3. The normalized spacial score (nSPS) is 12.5. The van der Waals surface area contributed by atoms with E-state index in [1.807, 2.05) is 0 Å². The minimum atomic E-state index is 0. The standard InChI is InChI=1S/3C26H54N.Co/c3*1-25(2,3)21-17-13-9-7-11-15-19-23-27-24-20-16-12-8-10-14-18-22-26(4,5)6;/h3*7-24H2,1-6H3;/q3*-1;+3. The zero-order valence-corrected chi connectivity index (χ0v) is 61.9. The predicted octanol–water partition coefficient (Wildman–Crippen LogP) is 29.1. The molecule has 0 aliphatic heterocycles. The van der Waals surface area contributed by atoms with Crippen LogP contribution in [0.3, 0.4) is 0 Å². The second-order valence-corrected chi connectivity index (χ2v) is 33.7. The van der Waals surface area contributed by atoms with Crippen LogP contribution in [0.4, 0.5) is 0 Å². The zero-order valence-electron chi connectivity index (χ0n) is 60.9. The van der Waals surface area contributed by atoms with Gasteiger partial charge in [0.2, 0.25) is 0 Å². The van der Waals surface area contributed by atoms with E-state index in [-0.39, 0.29) is 16.8 Å². The maximum atomic E-state index is 4.72. The first-order chi connectivity index (χ1) is 38.1. The first kappa shape index (κ1) is 88.8. The van der Waals surface area contributed by atoms with Crippen molar-refractivity contribution in [3.8, 4) is 0 Å². The van der Waals surface area contributed by atoms with Gasteiger partial charge in [0, 0.05) is 0 Å². The summed E-state index contributed by atoms with van der Waals surface area (Å²) in [4.78, 5) is 0. The Morgan fingerprint density at radius 3 is 0.317 bits per heavy atom. The average molecular weight is 1200 g/mol. The number of hydrogen-bond donors (Lipinski definition) is 0. The number of rotatable bonds is 54. The Kier molecular flexibility index (Phi) is 65.3. The van der Waals surface area contributed by atoms with Crippen molar-refractivity contribution in [1.82, 2.24) is 0 Å². The largest absolute Gasteiger partial charge is 3.00 e. The van der Waals surface area contributed by atoms with Gasteiger partial charge >= 0.3 is 16.8 Å². The SMILES string of the molecule is CC(C)(C)CCCCCCCCC[N-]CCCCCCCCCC(C)(C)C.CC(C)(C)CCCCCCCCC[N-]CCCCCCCCCC(C)(C)C.CC(C)(C)CCCCCCCCC[N-]CCCCCCCCCC(C)(C)C.[Co+3]. The molecule has 0 saturated heterocycles. The molecular formula is C78H162CoN3. The summed E-state index contributed by atoms with van der Waals surface area (Å²) in [6, 6.07) is 0. The Morgan fingerprint density at radius 1 is 0.134 bits per heavy atom. The van der Waals surface area contributed by atoms with E-state index in [1.54, 1.807) is 0 Å². The van der Waals surface area contributed by atoms with Gasteiger partial charge in [0.1, 0.15) is 0 Å². The Morgan fingerprint density at radius 2 is 0.220 bits per heavy atom. The van der Waals surface area contributed by atoms with Crippen LogP contribution < -0.4 is 0 Å². The monoisotopic (exact) mass is 1200 g/mol. The second kappa shape index (κ2) is 60.3. The summed E-state index contributed by atoms with van der Waals surface area (Å²) in [6.07, 6.45) is 67.2. The Bertz CT molecular complexity index is 948. The van der Waals surface area contributed by atoms with Crippen LogP contribution in [0.5, 0.6) is 0 Å². The van der Waals surface area contributed by atoms with Gasteiger partial charge in [-0.15, -0.1) is 39.3 Å². The van der Waals surface area contributed by atoms with Crippen molar-refractivity contribution >= 4 is 0 Å². The molecule has 82 heavy (non-hydrogen) atoms.